The van der Waals surface area contributed by atoms with E-state index in [1.54, 1.807) is 24.3 Å². The molecule has 4 aromatic rings. The SMILES string of the molecule is O=C1OC[C@H](Cc2ccccc2)N1C(=O)[C@H](/C=C/[C@H](Cc1ccc(F)cc1)C(=O)N1C(=O)OC[C@@H]1Cc1ccccc1)Cc1ccccc1. The van der Waals surface area contributed by atoms with Gasteiger partial charge in [0.15, 0.2) is 0 Å². The molecule has 2 aliphatic heterocycles. The Labute approximate surface area is 284 Å². The van der Waals surface area contributed by atoms with Crippen LogP contribution in [-0.2, 0) is 44.7 Å². The fourth-order valence-corrected chi connectivity index (χ4v) is 6.38. The van der Waals surface area contributed by atoms with Crippen LogP contribution in [0, 0.1) is 17.7 Å². The Bertz CT molecular complexity index is 1780. The monoisotopic (exact) mass is 660 g/mol. The summed E-state index contributed by atoms with van der Waals surface area (Å²) in [6.07, 6.45) is 3.11. The lowest BCUT2D eigenvalue weighted by atomic mass is 9.91. The molecule has 2 aliphatic rings. The number of carbonyl (C=O) groups excluding carboxylic acids is 4. The van der Waals surface area contributed by atoms with Crippen LogP contribution in [0.2, 0.25) is 0 Å². The van der Waals surface area contributed by atoms with E-state index in [9.17, 15) is 23.6 Å². The lowest BCUT2D eigenvalue weighted by Crippen LogP contribution is -2.44. The maximum absolute atomic E-state index is 14.3. The van der Waals surface area contributed by atoms with Crippen LogP contribution in [0.1, 0.15) is 22.3 Å². The van der Waals surface area contributed by atoms with Crippen molar-refractivity contribution in [1.29, 1.82) is 0 Å². The smallest absolute Gasteiger partial charge is 0.417 e. The molecule has 0 spiro atoms. The van der Waals surface area contributed by atoms with Gasteiger partial charge in [-0.3, -0.25) is 9.59 Å². The van der Waals surface area contributed by atoms with Gasteiger partial charge in [0, 0.05) is 0 Å². The highest BCUT2D eigenvalue weighted by atomic mass is 19.1. The van der Waals surface area contributed by atoms with Crippen molar-refractivity contribution >= 4 is 24.0 Å². The molecule has 4 atom stereocenters. The Morgan fingerprint density at radius 1 is 0.592 bits per heavy atom. The van der Waals surface area contributed by atoms with Crippen LogP contribution >= 0.6 is 0 Å². The van der Waals surface area contributed by atoms with Crippen molar-refractivity contribution in [2.45, 2.75) is 37.8 Å². The van der Waals surface area contributed by atoms with E-state index in [-0.39, 0.29) is 26.1 Å². The molecule has 2 saturated heterocycles. The summed E-state index contributed by atoms with van der Waals surface area (Å²) >= 11 is 0. The Kier molecular flexibility index (Phi) is 10.6. The summed E-state index contributed by atoms with van der Waals surface area (Å²) in [5.41, 5.74) is 3.45. The van der Waals surface area contributed by atoms with Crippen LogP contribution in [0.5, 0.6) is 0 Å². The predicted octanol–water partition coefficient (Wildman–Crippen LogP) is 6.58. The van der Waals surface area contributed by atoms with Crippen molar-refractivity contribution in [2.24, 2.45) is 11.8 Å². The van der Waals surface area contributed by atoms with Crippen LogP contribution in [0.15, 0.2) is 127 Å². The number of carbonyl (C=O) groups is 4. The van der Waals surface area contributed by atoms with E-state index in [1.165, 1.54) is 17.0 Å². The number of hydrogen-bond donors (Lipinski definition) is 0. The number of rotatable bonds is 12. The molecule has 0 bridgehead atoms. The fourth-order valence-electron chi connectivity index (χ4n) is 6.38. The summed E-state index contributed by atoms with van der Waals surface area (Å²) < 4.78 is 24.5. The lowest BCUT2D eigenvalue weighted by Gasteiger charge is -2.25. The first-order chi connectivity index (χ1) is 23.9. The predicted molar refractivity (Wildman–Crippen MR) is 181 cm³/mol. The first kappa shape index (κ1) is 33.3. The van der Waals surface area contributed by atoms with Gasteiger partial charge in [-0.05, 0) is 60.1 Å². The first-order valence-electron chi connectivity index (χ1n) is 16.4. The number of cyclic esters (lactones) is 2. The van der Waals surface area contributed by atoms with Gasteiger partial charge < -0.3 is 9.47 Å². The number of nitrogens with zero attached hydrogens (tertiary/aromatic N) is 2. The third-order valence-corrected chi connectivity index (χ3v) is 8.90. The molecule has 4 amide bonds. The van der Waals surface area contributed by atoms with Gasteiger partial charge in [0.1, 0.15) is 19.0 Å². The second-order valence-corrected chi connectivity index (χ2v) is 12.4. The minimum Gasteiger partial charge on any atom is -0.447 e. The Balaban J connectivity index is 1.31. The average molecular weight is 661 g/mol. The number of imide groups is 2. The van der Waals surface area contributed by atoms with E-state index in [0.29, 0.717) is 18.4 Å². The summed E-state index contributed by atoms with van der Waals surface area (Å²) in [5, 5.41) is 0. The molecule has 2 heterocycles. The van der Waals surface area contributed by atoms with Gasteiger partial charge in [0.2, 0.25) is 11.8 Å². The number of hydrogen-bond acceptors (Lipinski definition) is 6. The molecule has 9 heteroatoms. The summed E-state index contributed by atoms with van der Waals surface area (Å²) in [6, 6.07) is 33.3. The molecule has 0 radical (unpaired) electrons. The number of amides is 4. The van der Waals surface area contributed by atoms with E-state index < -0.39 is 53.7 Å². The summed E-state index contributed by atoms with van der Waals surface area (Å²) in [7, 11) is 0. The highest BCUT2D eigenvalue weighted by Gasteiger charge is 2.42. The minimum absolute atomic E-state index is 0.0570. The molecular formula is C40H37FN2O6. The normalized spacial score (nSPS) is 18.7. The third kappa shape index (κ3) is 8.30. The van der Waals surface area contributed by atoms with Crippen molar-refractivity contribution in [2.75, 3.05) is 13.2 Å². The molecule has 4 aromatic carbocycles. The van der Waals surface area contributed by atoms with Gasteiger partial charge in [-0.15, -0.1) is 0 Å². The highest BCUT2D eigenvalue weighted by Crippen LogP contribution is 2.26. The Morgan fingerprint density at radius 3 is 1.37 bits per heavy atom. The standard InChI is InChI=1S/C40H37FN2O6/c41-34-20-16-31(17-21-34)23-33(38(45)43-36(27-49-40(43)47)25-30-14-8-3-9-15-30)19-18-32(22-28-10-4-1-5-11-28)37(44)42-35(26-48-39(42)46)24-29-12-6-2-7-13-29/h1-21,32-33,35-36H,22-27H2/b19-18+/t32-,33-,35+,36+/m1/s1. The van der Waals surface area contributed by atoms with Crippen molar-refractivity contribution < 1.29 is 33.0 Å². The molecule has 0 saturated carbocycles. The maximum atomic E-state index is 14.3. The molecule has 0 unspecified atom stereocenters. The summed E-state index contributed by atoms with van der Waals surface area (Å²) in [4.78, 5) is 56.9. The molecule has 2 fully saturated rings. The van der Waals surface area contributed by atoms with Gasteiger partial charge in [-0.2, -0.15) is 0 Å². The maximum Gasteiger partial charge on any atom is 0.417 e. The van der Waals surface area contributed by atoms with Gasteiger partial charge in [-0.25, -0.2) is 23.8 Å². The van der Waals surface area contributed by atoms with E-state index >= 15 is 0 Å². The molecular weight excluding hydrogens is 623 g/mol. The van der Waals surface area contributed by atoms with Gasteiger partial charge in [0.25, 0.3) is 0 Å². The number of ether oxygens (including phenoxy) is 2. The molecule has 250 valence electrons. The average Bonchev–Trinajstić information content (AvgIpc) is 3.67. The lowest BCUT2D eigenvalue weighted by molar-refractivity contribution is -0.133. The molecule has 6 rings (SSSR count). The van der Waals surface area contributed by atoms with Crippen molar-refractivity contribution in [3.8, 4) is 0 Å². The van der Waals surface area contributed by atoms with Crippen LogP contribution < -0.4 is 0 Å². The second kappa shape index (κ2) is 15.6. The van der Waals surface area contributed by atoms with Crippen molar-refractivity contribution in [3.63, 3.8) is 0 Å². The Morgan fingerprint density at radius 2 is 0.959 bits per heavy atom. The molecule has 8 nitrogen and oxygen atoms in total. The minimum atomic E-state index is -0.897. The van der Waals surface area contributed by atoms with E-state index in [0.717, 1.165) is 21.6 Å². The largest absolute Gasteiger partial charge is 0.447 e. The van der Waals surface area contributed by atoms with Crippen LogP contribution in [0.25, 0.3) is 0 Å². The molecule has 0 N–H and O–H groups in total. The van der Waals surface area contributed by atoms with Crippen LogP contribution in [0.3, 0.4) is 0 Å². The molecule has 0 aliphatic carbocycles. The Hall–Kier alpha value is -5.57. The summed E-state index contributed by atoms with van der Waals surface area (Å²) in [6.45, 7) is 0.133. The molecule has 49 heavy (non-hydrogen) atoms. The first-order valence-corrected chi connectivity index (χ1v) is 16.4. The van der Waals surface area contributed by atoms with Crippen LogP contribution in [-0.4, -0.2) is 59.1 Å². The molecule has 0 aromatic heterocycles. The number of halogens is 1. The topological polar surface area (TPSA) is 93.2 Å². The van der Waals surface area contributed by atoms with Gasteiger partial charge in [-0.1, -0.05) is 115 Å². The zero-order valence-corrected chi connectivity index (χ0v) is 26.9. The van der Waals surface area contributed by atoms with Crippen molar-refractivity contribution in [1.82, 2.24) is 9.80 Å². The van der Waals surface area contributed by atoms with E-state index in [1.807, 2.05) is 91.0 Å². The third-order valence-electron chi connectivity index (χ3n) is 8.90. The van der Waals surface area contributed by atoms with E-state index in [2.05, 4.69) is 0 Å². The fraction of sp³-hybridized carbons (Fsp3) is 0.250. The number of benzene rings is 4. The quantitative estimate of drug-likeness (QED) is 0.160. The van der Waals surface area contributed by atoms with Crippen molar-refractivity contribution in [3.05, 3.63) is 155 Å². The second-order valence-electron chi connectivity index (χ2n) is 12.4. The zero-order chi connectivity index (χ0) is 34.2. The van der Waals surface area contributed by atoms with Crippen LogP contribution in [0.4, 0.5) is 14.0 Å². The van der Waals surface area contributed by atoms with Gasteiger partial charge >= 0.3 is 12.2 Å². The van der Waals surface area contributed by atoms with Gasteiger partial charge in [0.05, 0.1) is 23.9 Å². The highest BCUT2D eigenvalue weighted by molar-refractivity contribution is 5.97. The van der Waals surface area contributed by atoms with E-state index in [4.69, 9.17) is 9.47 Å². The zero-order valence-electron chi connectivity index (χ0n) is 26.9. The summed E-state index contributed by atoms with van der Waals surface area (Å²) in [5.74, 6) is -3.08.